The molecule has 0 N–H and O–H groups in total. The zero-order valence-corrected chi connectivity index (χ0v) is 9.14. The predicted octanol–water partition coefficient (Wildman–Crippen LogP) is 3.37. The highest BCUT2D eigenvalue weighted by atomic mass is 15.0. The standard InChI is InChI=1S/C14H15N/c1-15(2)11-10-13-8-5-7-12-6-3-4-9-14(12)13/h3-11H,1-2H3. The van der Waals surface area contributed by atoms with Crippen LogP contribution in [0.15, 0.2) is 48.7 Å². The van der Waals surface area contributed by atoms with Gasteiger partial charge in [0.2, 0.25) is 0 Å². The van der Waals surface area contributed by atoms with E-state index in [1.165, 1.54) is 16.3 Å². The molecule has 0 atom stereocenters. The van der Waals surface area contributed by atoms with Crippen LogP contribution >= 0.6 is 0 Å². The maximum atomic E-state index is 2.16. The van der Waals surface area contributed by atoms with Crippen molar-refractivity contribution in [3.8, 4) is 0 Å². The molecule has 0 spiro atoms. The summed E-state index contributed by atoms with van der Waals surface area (Å²) >= 11 is 0. The fourth-order valence-electron chi connectivity index (χ4n) is 1.63. The van der Waals surface area contributed by atoms with E-state index in [1.54, 1.807) is 0 Å². The van der Waals surface area contributed by atoms with Crippen molar-refractivity contribution in [3.63, 3.8) is 0 Å². The summed E-state index contributed by atoms with van der Waals surface area (Å²) < 4.78 is 0. The summed E-state index contributed by atoms with van der Waals surface area (Å²) in [6, 6.07) is 14.8. The molecule has 2 aromatic rings. The van der Waals surface area contributed by atoms with Crippen molar-refractivity contribution in [2.45, 2.75) is 0 Å². The SMILES string of the molecule is CN(C)C=Cc1cccc2ccccc12. The zero-order chi connectivity index (χ0) is 10.7. The van der Waals surface area contributed by atoms with E-state index in [1.807, 2.05) is 19.0 Å². The van der Waals surface area contributed by atoms with E-state index in [0.717, 1.165) is 0 Å². The minimum atomic E-state index is 1.27. The molecule has 0 aliphatic heterocycles. The van der Waals surface area contributed by atoms with Gasteiger partial charge in [0.15, 0.2) is 0 Å². The molecule has 2 rings (SSSR count). The van der Waals surface area contributed by atoms with Crippen LogP contribution in [-0.4, -0.2) is 19.0 Å². The first-order valence-electron chi connectivity index (χ1n) is 5.10. The molecule has 0 saturated carbocycles. The molecular weight excluding hydrogens is 182 g/mol. The van der Waals surface area contributed by atoms with Crippen LogP contribution in [0, 0.1) is 0 Å². The first kappa shape index (κ1) is 9.78. The first-order valence-corrected chi connectivity index (χ1v) is 5.10. The number of rotatable bonds is 2. The van der Waals surface area contributed by atoms with Gasteiger partial charge in [-0.15, -0.1) is 0 Å². The van der Waals surface area contributed by atoms with Crippen molar-refractivity contribution >= 4 is 16.8 Å². The third-order valence-electron chi connectivity index (χ3n) is 2.38. The van der Waals surface area contributed by atoms with Crippen molar-refractivity contribution in [2.24, 2.45) is 0 Å². The van der Waals surface area contributed by atoms with Crippen molar-refractivity contribution < 1.29 is 0 Å². The van der Waals surface area contributed by atoms with Gasteiger partial charge in [-0.1, -0.05) is 42.5 Å². The molecule has 0 bridgehead atoms. The number of fused-ring (bicyclic) bond motifs is 1. The fraction of sp³-hybridized carbons (Fsp3) is 0.143. The van der Waals surface area contributed by atoms with E-state index >= 15 is 0 Å². The monoisotopic (exact) mass is 197 g/mol. The van der Waals surface area contributed by atoms with Gasteiger partial charge < -0.3 is 4.90 Å². The smallest absolute Gasteiger partial charge is 0.00556 e. The van der Waals surface area contributed by atoms with Gasteiger partial charge in [-0.05, 0) is 28.6 Å². The lowest BCUT2D eigenvalue weighted by atomic mass is 10.0. The van der Waals surface area contributed by atoms with Crippen LogP contribution in [0.25, 0.3) is 16.8 Å². The average molecular weight is 197 g/mol. The van der Waals surface area contributed by atoms with E-state index in [-0.39, 0.29) is 0 Å². The van der Waals surface area contributed by atoms with E-state index < -0.39 is 0 Å². The lowest BCUT2D eigenvalue weighted by Crippen LogP contribution is -1.99. The van der Waals surface area contributed by atoms with Crippen molar-refractivity contribution in [3.05, 3.63) is 54.2 Å². The lowest BCUT2D eigenvalue weighted by Gasteiger charge is -2.05. The Hall–Kier alpha value is -1.76. The molecular formula is C14H15N. The molecule has 0 saturated heterocycles. The molecule has 1 heteroatoms. The molecule has 0 unspecified atom stereocenters. The Morgan fingerprint density at radius 3 is 2.47 bits per heavy atom. The highest BCUT2D eigenvalue weighted by molar-refractivity contribution is 5.90. The molecule has 0 fully saturated rings. The van der Waals surface area contributed by atoms with E-state index in [4.69, 9.17) is 0 Å². The van der Waals surface area contributed by atoms with Gasteiger partial charge in [-0.3, -0.25) is 0 Å². The highest BCUT2D eigenvalue weighted by Gasteiger charge is 1.95. The van der Waals surface area contributed by atoms with Gasteiger partial charge in [0.05, 0.1) is 0 Å². The Kier molecular flexibility index (Phi) is 2.72. The molecule has 0 amide bonds. The topological polar surface area (TPSA) is 3.24 Å². The van der Waals surface area contributed by atoms with Crippen molar-refractivity contribution in [2.75, 3.05) is 14.1 Å². The quantitative estimate of drug-likeness (QED) is 0.713. The van der Waals surface area contributed by atoms with Gasteiger partial charge in [-0.2, -0.15) is 0 Å². The van der Waals surface area contributed by atoms with Gasteiger partial charge in [0.25, 0.3) is 0 Å². The van der Waals surface area contributed by atoms with Crippen molar-refractivity contribution in [1.82, 2.24) is 4.90 Å². The van der Waals surface area contributed by atoms with Crippen LogP contribution in [0.2, 0.25) is 0 Å². The molecule has 0 aromatic heterocycles. The lowest BCUT2D eigenvalue weighted by molar-refractivity contribution is 0.567. The van der Waals surface area contributed by atoms with E-state index in [2.05, 4.69) is 54.7 Å². The number of hydrogen-bond acceptors (Lipinski definition) is 1. The summed E-state index contributed by atoms with van der Waals surface area (Å²) in [5.74, 6) is 0. The molecule has 0 heterocycles. The number of hydrogen-bond donors (Lipinski definition) is 0. The second kappa shape index (κ2) is 4.18. The normalized spacial score (nSPS) is 11.1. The van der Waals surface area contributed by atoms with Gasteiger partial charge in [-0.25, -0.2) is 0 Å². The minimum absolute atomic E-state index is 1.27. The van der Waals surface area contributed by atoms with Crippen LogP contribution < -0.4 is 0 Å². The summed E-state index contributed by atoms with van der Waals surface area (Å²) in [6.45, 7) is 0. The largest absolute Gasteiger partial charge is 0.383 e. The molecule has 15 heavy (non-hydrogen) atoms. The van der Waals surface area contributed by atoms with Gasteiger partial charge in [0.1, 0.15) is 0 Å². The minimum Gasteiger partial charge on any atom is -0.383 e. The summed E-state index contributed by atoms with van der Waals surface area (Å²) in [4.78, 5) is 2.04. The first-order chi connectivity index (χ1) is 7.27. The van der Waals surface area contributed by atoms with Crippen LogP contribution in [0.5, 0.6) is 0 Å². The maximum Gasteiger partial charge on any atom is 0.00556 e. The van der Waals surface area contributed by atoms with Crippen LogP contribution in [0.4, 0.5) is 0 Å². The van der Waals surface area contributed by atoms with Crippen LogP contribution in [0.3, 0.4) is 0 Å². The highest BCUT2D eigenvalue weighted by Crippen LogP contribution is 2.19. The summed E-state index contributed by atoms with van der Waals surface area (Å²) in [5, 5.41) is 2.59. The maximum absolute atomic E-state index is 2.16. The van der Waals surface area contributed by atoms with E-state index in [9.17, 15) is 0 Å². The van der Waals surface area contributed by atoms with Crippen LogP contribution in [-0.2, 0) is 0 Å². The molecule has 2 aromatic carbocycles. The number of benzene rings is 2. The Morgan fingerprint density at radius 1 is 0.933 bits per heavy atom. The number of nitrogens with zero attached hydrogens (tertiary/aromatic N) is 1. The third-order valence-corrected chi connectivity index (χ3v) is 2.38. The Balaban J connectivity index is 2.51. The van der Waals surface area contributed by atoms with Gasteiger partial charge in [0, 0.05) is 14.1 Å². The third kappa shape index (κ3) is 2.18. The molecule has 76 valence electrons. The van der Waals surface area contributed by atoms with Gasteiger partial charge >= 0.3 is 0 Å². The van der Waals surface area contributed by atoms with Crippen molar-refractivity contribution in [1.29, 1.82) is 0 Å². The second-order valence-electron chi connectivity index (χ2n) is 3.85. The second-order valence-corrected chi connectivity index (χ2v) is 3.85. The molecule has 0 radical (unpaired) electrons. The summed E-state index contributed by atoms with van der Waals surface area (Å²) in [5.41, 5.74) is 1.27. The molecule has 1 nitrogen and oxygen atoms in total. The Morgan fingerprint density at radius 2 is 1.67 bits per heavy atom. The van der Waals surface area contributed by atoms with E-state index in [0.29, 0.717) is 0 Å². The molecule has 0 aliphatic rings. The fourth-order valence-corrected chi connectivity index (χ4v) is 1.63. The average Bonchev–Trinajstić information content (AvgIpc) is 2.26. The predicted molar refractivity (Wildman–Crippen MR) is 66.7 cm³/mol. The molecule has 0 aliphatic carbocycles. The Labute approximate surface area is 90.6 Å². The summed E-state index contributed by atoms with van der Waals surface area (Å²) in [6.07, 6.45) is 4.21. The van der Waals surface area contributed by atoms with Crippen LogP contribution in [0.1, 0.15) is 5.56 Å². The summed E-state index contributed by atoms with van der Waals surface area (Å²) in [7, 11) is 4.06. The Bertz CT molecular complexity index is 478. The zero-order valence-electron chi connectivity index (χ0n) is 9.14.